The Morgan fingerprint density at radius 2 is 2.28 bits per heavy atom. The van der Waals surface area contributed by atoms with Gasteiger partial charge in [0.25, 0.3) is 0 Å². The van der Waals surface area contributed by atoms with E-state index in [1.807, 2.05) is 6.07 Å². The van der Waals surface area contributed by atoms with Gasteiger partial charge < -0.3 is 11.1 Å². The van der Waals surface area contributed by atoms with Crippen LogP contribution in [0.2, 0.25) is 0 Å². The van der Waals surface area contributed by atoms with E-state index in [0.29, 0.717) is 25.4 Å². The average Bonchev–Trinajstić information content (AvgIpc) is 3.14. The van der Waals surface area contributed by atoms with E-state index in [1.54, 1.807) is 6.07 Å². The number of benzene rings is 1. The first kappa shape index (κ1) is 13.0. The third-order valence-electron chi connectivity index (χ3n) is 3.27. The Labute approximate surface area is 107 Å². The van der Waals surface area contributed by atoms with Crippen LogP contribution in [0.15, 0.2) is 24.3 Å². The van der Waals surface area contributed by atoms with Gasteiger partial charge >= 0.3 is 0 Å². The van der Waals surface area contributed by atoms with Crippen LogP contribution in [0.5, 0.6) is 0 Å². The summed E-state index contributed by atoms with van der Waals surface area (Å²) < 4.78 is 13.1. The van der Waals surface area contributed by atoms with Crippen LogP contribution in [0.3, 0.4) is 0 Å². The molecule has 1 atom stereocenters. The first-order valence-electron chi connectivity index (χ1n) is 6.44. The van der Waals surface area contributed by atoms with Gasteiger partial charge in [0.05, 0.1) is 0 Å². The molecule has 4 heteroatoms. The molecule has 3 N–H and O–H groups in total. The fourth-order valence-corrected chi connectivity index (χ4v) is 2.01. The molecule has 1 amide bonds. The van der Waals surface area contributed by atoms with Crippen molar-refractivity contribution in [1.29, 1.82) is 0 Å². The summed E-state index contributed by atoms with van der Waals surface area (Å²) >= 11 is 0. The maximum atomic E-state index is 13.1. The highest BCUT2D eigenvalue weighted by Gasteiger charge is 2.23. The molecule has 1 saturated carbocycles. The summed E-state index contributed by atoms with van der Waals surface area (Å²) in [5.41, 5.74) is 6.57. The van der Waals surface area contributed by atoms with E-state index in [0.717, 1.165) is 18.4 Å². The summed E-state index contributed by atoms with van der Waals surface area (Å²) in [6.45, 7) is 0.431. The van der Waals surface area contributed by atoms with Gasteiger partial charge in [-0.05, 0) is 49.4 Å². The summed E-state index contributed by atoms with van der Waals surface area (Å²) in [7, 11) is 0. The molecule has 1 fully saturated rings. The molecular formula is C14H19FN2O. The van der Waals surface area contributed by atoms with Gasteiger partial charge in [0, 0.05) is 12.5 Å². The standard InChI is InChI=1S/C14H19FN2O/c15-12-3-1-2-10(8-12)11(9-16)4-7-14(18)17-13-5-6-13/h1-3,8,11,13H,4-7,9,16H2,(H,17,18). The van der Waals surface area contributed by atoms with Gasteiger partial charge in [-0.1, -0.05) is 12.1 Å². The van der Waals surface area contributed by atoms with Gasteiger partial charge in [-0.3, -0.25) is 4.79 Å². The van der Waals surface area contributed by atoms with Crippen molar-refractivity contribution >= 4 is 5.91 Å². The fourth-order valence-electron chi connectivity index (χ4n) is 2.01. The Bertz CT molecular complexity index is 418. The molecular weight excluding hydrogens is 231 g/mol. The first-order chi connectivity index (χ1) is 8.69. The molecule has 3 nitrogen and oxygen atoms in total. The highest BCUT2D eigenvalue weighted by molar-refractivity contribution is 5.76. The van der Waals surface area contributed by atoms with E-state index in [1.165, 1.54) is 12.1 Å². The Kier molecular flexibility index (Phi) is 4.31. The van der Waals surface area contributed by atoms with Crippen molar-refractivity contribution < 1.29 is 9.18 Å². The van der Waals surface area contributed by atoms with E-state index in [4.69, 9.17) is 5.73 Å². The molecule has 1 aliphatic rings. The minimum Gasteiger partial charge on any atom is -0.353 e. The topological polar surface area (TPSA) is 55.1 Å². The average molecular weight is 250 g/mol. The molecule has 1 aromatic carbocycles. The lowest BCUT2D eigenvalue weighted by Gasteiger charge is -2.15. The lowest BCUT2D eigenvalue weighted by atomic mass is 9.94. The van der Waals surface area contributed by atoms with E-state index < -0.39 is 0 Å². The minimum absolute atomic E-state index is 0.0469. The van der Waals surface area contributed by atoms with E-state index in [-0.39, 0.29) is 17.6 Å². The molecule has 18 heavy (non-hydrogen) atoms. The van der Waals surface area contributed by atoms with E-state index in [9.17, 15) is 9.18 Å². The first-order valence-corrected chi connectivity index (χ1v) is 6.44. The van der Waals surface area contributed by atoms with Gasteiger partial charge in [0.1, 0.15) is 5.82 Å². The number of hydrogen-bond donors (Lipinski definition) is 2. The van der Waals surface area contributed by atoms with Crippen LogP contribution in [0, 0.1) is 5.82 Å². The number of nitrogens with one attached hydrogen (secondary N) is 1. The van der Waals surface area contributed by atoms with Crippen LogP contribution < -0.4 is 11.1 Å². The number of nitrogens with two attached hydrogens (primary N) is 1. The summed E-state index contributed by atoms with van der Waals surface area (Å²) in [4.78, 5) is 11.6. The number of hydrogen-bond acceptors (Lipinski definition) is 2. The molecule has 98 valence electrons. The predicted molar refractivity (Wildman–Crippen MR) is 68.6 cm³/mol. The molecule has 0 bridgehead atoms. The number of rotatable bonds is 6. The summed E-state index contributed by atoms with van der Waals surface area (Å²) in [6, 6.07) is 6.84. The lowest BCUT2D eigenvalue weighted by molar-refractivity contribution is -0.121. The number of carbonyl (C=O) groups is 1. The monoisotopic (exact) mass is 250 g/mol. The predicted octanol–water partition coefficient (Wildman–Crippen LogP) is 1.93. The zero-order chi connectivity index (χ0) is 13.0. The Hall–Kier alpha value is -1.42. The van der Waals surface area contributed by atoms with Crippen molar-refractivity contribution in [3.63, 3.8) is 0 Å². The summed E-state index contributed by atoms with van der Waals surface area (Å²) in [5.74, 6) is -0.133. The number of carbonyl (C=O) groups excluding carboxylic acids is 1. The molecule has 0 saturated heterocycles. The molecule has 1 aliphatic carbocycles. The normalized spacial score (nSPS) is 16.3. The van der Waals surface area contributed by atoms with Crippen LogP contribution in [-0.4, -0.2) is 18.5 Å². The van der Waals surface area contributed by atoms with Crippen molar-refractivity contribution in [2.45, 2.75) is 37.6 Å². The molecule has 0 spiro atoms. The van der Waals surface area contributed by atoms with Crippen LogP contribution in [-0.2, 0) is 4.79 Å². The number of halogens is 1. The maximum absolute atomic E-state index is 13.1. The highest BCUT2D eigenvalue weighted by Crippen LogP contribution is 2.22. The molecule has 1 unspecified atom stereocenters. The van der Waals surface area contributed by atoms with Crippen molar-refractivity contribution in [1.82, 2.24) is 5.32 Å². The molecule has 0 radical (unpaired) electrons. The summed E-state index contributed by atoms with van der Waals surface area (Å²) in [6.07, 6.45) is 3.30. The minimum atomic E-state index is -0.256. The second-order valence-corrected chi connectivity index (χ2v) is 4.87. The maximum Gasteiger partial charge on any atom is 0.220 e. The second-order valence-electron chi connectivity index (χ2n) is 4.87. The lowest BCUT2D eigenvalue weighted by Crippen LogP contribution is -2.26. The second kappa shape index (κ2) is 5.96. The largest absolute Gasteiger partial charge is 0.353 e. The van der Waals surface area contributed by atoms with Crippen molar-refractivity contribution in [2.75, 3.05) is 6.54 Å². The Balaban J connectivity index is 1.86. The highest BCUT2D eigenvalue weighted by atomic mass is 19.1. The molecule has 2 rings (SSSR count). The van der Waals surface area contributed by atoms with E-state index >= 15 is 0 Å². The van der Waals surface area contributed by atoms with Crippen LogP contribution in [0.25, 0.3) is 0 Å². The molecule has 0 heterocycles. The molecule has 0 aromatic heterocycles. The third-order valence-corrected chi connectivity index (χ3v) is 3.27. The van der Waals surface area contributed by atoms with Crippen LogP contribution >= 0.6 is 0 Å². The van der Waals surface area contributed by atoms with Gasteiger partial charge in [0.15, 0.2) is 0 Å². The smallest absolute Gasteiger partial charge is 0.220 e. The Morgan fingerprint density at radius 1 is 1.50 bits per heavy atom. The van der Waals surface area contributed by atoms with Crippen molar-refractivity contribution in [3.8, 4) is 0 Å². The fraction of sp³-hybridized carbons (Fsp3) is 0.500. The van der Waals surface area contributed by atoms with Gasteiger partial charge in [-0.25, -0.2) is 4.39 Å². The zero-order valence-electron chi connectivity index (χ0n) is 10.4. The van der Waals surface area contributed by atoms with Gasteiger partial charge in [-0.15, -0.1) is 0 Å². The molecule has 1 aromatic rings. The van der Waals surface area contributed by atoms with Crippen molar-refractivity contribution in [2.24, 2.45) is 5.73 Å². The van der Waals surface area contributed by atoms with Gasteiger partial charge in [-0.2, -0.15) is 0 Å². The quantitative estimate of drug-likeness (QED) is 0.810. The number of amides is 1. The zero-order valence-corrected chi connectivity index (χ0v) is 10.4. The molecule has 0 aliphatic heterocycles. The van der Waals surface area contributed by atoms with Crippen LogP contribution in [0.1, 0.15) is 37.2 Å². The van der Waals surface area contributed by atoms with Gasteiger partial charge in [0.2, 0.25) is 5.91 Å². The Morgan fingerprint density at radius 3 is 2.89 bits per heavy atom. The summed E-state index contributed by atoms with van der Waals surface area (Å²) in [5, 5.41) is 2.94. The van der Waals surface area contributed by atoms with E-state index in [2.05, 4.69) is 5.32 Å². The third kappa shape index (κ3) is 3.81. The SMILES string of the molecule is NCC(CCC(=O)NC1CC1)c1cccc(F)c1. The van der Waals surface area contributed by atoms with Crippen LogP contribution in [0.4, 0.5) is 4.39 Å². The van der Waals surface area contributed by atoms with Crippen molar-refractivity contribution in [3.05, 3.63) is 35.6 Å².